The van der Waals surface area contributed by atoms with Crippen molar-refractivity contribution < 1.29 is 23.8 Å². The van der Waals surface area contributed by atoms with Crippen LogP contribution in [0, 0.1) is 0 Å². The van der Waals surface area contributed by atoms with Crippen LogP contribution in [0.5, 0.6) is 5.75 Å². The highest BCUT2D eigenvalue weighted by Gasteiger charge is 2.12. The van der Waals surface area contributed by atoms with Gasteiger partial charge in [0.2, 0.25) is 0 Å². The summed E-state index contributed by atoms with van der Waals surface area (Å²) >= 11 is 0. The van der Waals surface area contributed by atoms with Crippen LogP contribution in [-0.4, -0.2) is 45.9 Å². The van der Waals surface area contributed by atoms with Gasteiger partial charge in [-0.1, -0.05) is 0 Å². The van der Waals surface area contributed by atoms with E-state index >= 15 is 0 Å². The van der Waals surface area contributed by atoms with Crippen LogP contribution in [0.25, 0.3) is 0 Å². The van der Waals surface area contributed by atoms with Gasteiger partial charge in [0.1, 0.15) is 5.75 Å². The van der Waals surface area contributed by atoms with Crippen molar-refractivity contribution in [2.75, 3.05) is 39.7 Å². The first-order valence-corrected chi connectivity index (χ1v) is 5.94. The summed E-state index contributed by atoms with van der Waals surface area (Å²) in [4.78, 5) is 23.1. The molecule has 20 heavy (non-hydrogen) atoms. The van der Waals surface area contributed by atoms with Gasteiger partial charge in [-0.15, -0.1) is 0 Å². The largest absolute Gasteiger partial charge is 0.495 e. The van der Waals surface area contributed by atoms with E-state index in [-0.39, 0.29) is 12.2 Å². The molecule has 110 valence electrons. The lowest BCUT2D eigenvalue weighted by atomic mass is 10.2. The summed E-state index contributed by atoms with van der Waals surface area (Å²) in [6.45, 7) is 0.409. The number of benzene rings is 1. The number of carbonyl (C=O) groups excluding carboxylic acids is 2. The van der Waals surface area contributed by atoms with Crippen LogP contribution in [0.3, 0.4) is 0 Å². The molecular formula is C13H18N2O5. The van der Waals surface area contributed by atoms with E-state index in [1.54, 1.807) is 0 Å². The molecule has 0 heterocycles. The number of carbonyl (C=O) groups is 2. The summed E-state index contributed by atoms with van der Waals surface area (Å²) in [7, 11) is 2.98. The summed E-state index contributed by atoms with van der Waals surface area (Å²) in [6.07, 6.45) is 0. The summed E-state index contributed by atoms with van der Waals surface area (Å²) in [5.41, 5.74) is 6.32. The summed E-state index contributed by atoms with van der Waals surface area (Å²) in [5, 5.41) is 2.54. The average Bonchev–Trinajstić information content (AvgIpc) is 2.45. The van der Waals surface area contributed by atoms with E-state index in [1.807, 2.05) is 0 Å². The second-order valence-corrected chi connectivity index (χ2v) is 3.88. The van der Waals surface area contributed by atoms with Gasteiger partial charge in [0.15, 0.2) is 6.61 Å². The van der Waals surface area contributed by atoms with Crippen LogP contribution in [0.4, 0.5) is 5.69 Å². The minimum absolute atomic E-state index is 0.265. The van der Waals surface area contributed by atoms with Gasteiger partial charge >= 0.3 is 5.97 Å². The fourth-order valence-electron chi connectivity index (χ4n) is 1.40. The highest BCUT2D eigenvalue weighted by Crippen LogP contribution is 2.22. The summed E-state index contributed by atoms with van der Waals surface area (Å²) in [6, 6.07) is 4.50. The molecule has 0 aliphatic carbocycles. The van der Waals surface area contributed by atoms with E-state index in [0.717, 1.165) is 0 Å². The molecule has 0 aliphatic heterocycles. The predicted octanol–water partition coefficient (Wildman–Crippen LogP) is 0.197. The Labute approximate surface area is 117 Å². The number of hydrogen-bond acceptors (Lipinski definition) is 6. The van der Waals surface area contributed by atoms with Crippen LogP contribution in [0.15, 0.2) is 18.2 Å². The number of rotatable bonds is 7. The third kappa shape index (κ3) is 4.77. The number of nitrogens with two attached hydrogens (primary N) is 1. The van der Waals surface area contributed by atoms with Crippen LogP contribution in [0.2, 0.25) is 0 Å². The Morgan fingerprint density at radius 2 is 2.05 bits per heavy atom. The molecule has 0 radical (unpaired) electrons. The Kier molecular flexibility index (Phi) is 6.31. The molecule has 1 aromatic rings. The third-order valence-corrected chi connectivity index (χ3v) is 2.43. The van der Waals surface area contributed by atoms with Gasteiger partial charge in [-0.05, 0) is 18.2 Å². The van der Waals surface area contributed by atoms with Gasteiger partial charge in [0.25, 0.3) is 5.91 Å². The van der Waals surface area contributed by atoms with Crippen LogP contribution < -0.4 is 15.8 Å². The molecule has 1 rings (SSSR count). The van der Waals surface area contributed by atoms with Crippen LogP contribution in [0.1, 0.15) is 10.4 Å². The van der Waals surface area contributed by atoms with Crippen LogP contribution >= 0.6 is 0 Å². The van der Waals surface area contributed by atoms with Gasteiger partial charge in [-0.3, -0.25) is 4.79 Å². The molecule has 7 nitrogen and oxygen atoms in total. The molecule has 0 bridgehead atoms. The molecule has 0 aromatic heterocycles. The van der Waals surface area contributed by atoms with E-state index < -0.39 is 11.9 Å². The maximum absolute atomic E-state index is 11.7. The van der Waals surface area contributed by atoms with Crippen molar-refractivity contribution in [2.45, 2.75) is 0 Å². The number of esters is 1. The molecular weight excluding hydrogens is 264 g/mol. The number of methoxy groups -OCH3 is 2. The van der Waals surface area contributed by atoms with Gasteiger partial charge in [-0.2, -0.15) is 0 Å². The van der Waals surface area contributed by atoms with Crippen LogP contribution in [-0.2, 0) is 14.3 Å². The SMILES string of the molecule is COCCNC(=O)COC(=O)c1ccc(N)c(OC)c1. The van der Waals surface area contributed by atoms with Gasteiger partial charge < -0.3 is 25.3 Å². The molecule has 7 heteroatoms. The highest BCUT2D eigenvalue weighted by molar-refractivity contribution is 5.92. The molecule has 0 aliphatic rings. The topological polar surface area (TPSA) is 99.9 Å². The second-order valence-electron chi connectivity index (χ2n) is 3.88. The first kappa shape index (κ1) is 15.8. The highest BCUT2D eigenvalue weighted by atomic mass is 16.5. The first-order valence-electron chi connectivity index (χ1n) is 5.94. The van der Waals surface area contributed by atoms with Gasteiger partial charge in [0, 0.05) is 13.7 Å². The molecule has 3 N–H and O–H groups in total. The van der Waals surface area contributed by atoms with E-state index in [9.17, 15) is 9.59 Å². The molecule has 0 saturated heterocycles. The Balaban J connectivity index is 2.48. The maximum Gasteiger partial charge on any atom is 0.338 e. The fraction of sp³-hybridized carbons (Fsp3) is 0.385. The fourth-order valence-corrected chi connectivity index (χ4v) is 1.40. The standard InChI is InChI=1S/C13H18N2O5/c1-18-6-5-15-12(16)8-20-13(17)9-3-4-10(14)11(7-9)19-2/h3-4,7H,5-6,8,14H2,1-2H3,(H,15,16). The van der Waals surface area contributed by atoms with Gasteiger partial charge in [0.05, 0.1) is 25.0 Å². The summed E-state index contributed by atoms with van der Waals surface area (Å²) in [5.74, 6) is -0.632. The van der Waals surface area contributed by atoms with Crippen molar-refractivity contribution in [3.8, 4) is 5.75 Å². The molecule has 0 atom stereocenters. The molecule has 0 spiro atoms. The summed E-state index contributed by atoms with van der Waals surface area (Å²) < 4.78 is 14.6. The number of amides is 1. The molecule has 1 aromatic carbocycles. The molecule has 0 fully saturated rings. The maximum atomic E-state index is 11.7. The Morgan fingerprint density at radius 1 is 1.30 bits per heavy atom. The van der Waals surface area contributed by atoms with E-state index in [1.165, 1.54) is 32.4 Å². The average molecular weight is 282 g/mol. The number of nitrogen functional groups attached to an aromatic ring is 1. The van der Waals surface area contributed by atoms with E-state index in [4.69, 9.17) is 19.9 Å². The minimum Gasteiger partial charge on any atom is -0.495 e. The number of anilines is 1. The molecule has 0 unspecified atom stereocenters. The first-order chi connectivity index (χ1) is 9.58. The van der Waals surface area contributed by atoms with Gasteiger partial charge in [-0.25, -0.2) is 4.79 Å². The lowest BCUT2D eigenvalue weighted by molar-refractivity contribution is -0.124. The lowest BCUT2D eigenvalue weighted by Gasteiger charge is -2.08. The zero-order valence-electron chi connectivity index (χ0n) is 11.5. The zero-order chi connectivity index (χ0) is 15.0. The molecule has 0 saturated carbocycles. The van der Waals surface area contributed by atoms with Crippen molar-refractivity contribution in [3.63, 3.8) is 0 Å². The Hall–Kier alpha value is -2.28. The minimum atomic E-state index is -0.620. The Bertz CT molecular complexity index is 476. The van der Waals surface area contributed by atoms with Crippen molar-refractivity contribution >= 4 is 17.6 Å². The third-order valence-electron chi connectivity index (χ3n) is 2.43. The predicted molar refractivity (Wildman–Crippen MR) is 72.6 cm³/mol. The monoisotopic (exact) mass is 282 g/mol. The quantitative estimate of drug-likeness (QED) is 0.421. The molecule has 1 amide bonds. The number of hydrogen-bond donors (Lipinski definition) is 2. The lowest BCUT2D eigenvalue weighted by Crippen LogP contribution is -2.31. The second kappa shape index (κ2) is 8.00. The van der Waals surface area contributed by atoms with Crippen molar-refractivity contribution in [1.29, 1.82) is 0 Å². The van der Waals surface area contributed by atoms with E-state index in [2.05, 4.69) is 5.32 Å². The van der Waals surface area contributed by atoms with Crippen molar-refractivity contribution in [1.82, 2.24) is 5.32 Å². The Morgan fingerprint density at radius 3 is 2.70 bits per heavy atom. The van der Waals surface area contributed by atoms with Crippen molar-refractivity contribution in [3.05, 3.63) is 23.8 Å². The number of ether oxygens (including phenoxy) is 3. The number of nitrogens with one attached hydrogen (secondary N) is 1. The normalized spacial score (nSPS) is 9.90. The zero-order valence-corrected chi connectivity index (χ0v) is 11.5. The van der Waals surface area contributed by atoms with E-state index in [0.29, 0.717) is 24.6 Å². The van der Waals surface area contributed by atoms with Crippen molar-refractivity contribution in [2.24, 2.45) is 0 Å². The smallest absolute Gasteiger partial charge is 0.338 e.